The third kappa shape index (κ3) is 5.01. The van der Waals surface area contributed by atoms with Crippen LogP contribution in [0.5, 0.6) is 6.01 Å². The maximum absolute atomic E-state index is 9.50. The molecule has 2 aromatic carbocycles. The van der Waals surface area contributed by atoms with Gasteiger partial charge in [-0.1, -0.05) is 30.3 Å². The Balaban J connectivity index is 1.22. The van der Waals surface area contributed by atoms with Crippen LogP contribution < -0.4 is 19.9 Å². The van der Waals surface area contributed by atoms with E-state index in [1.165, 1.54) is 53.3 Å². The first kappa shape index (κ1) is 26.0. The van der Waals surface area contributed by atoms with Crippen LogP contribution in [0.2, 0.25) is 0 Å². The smallest absolute Gasteiger partial charge is 0.318 e. The number of aromatic nitrogens is 2. The number of aliphatic hydroxyl groups is 1. The first-order valence-electron chi connectivity index (χ1n) is 15.3. The number of fused-ring (bicyclic) bond motifs is 4. The first-order chi connectivity index (χ1) is 19.7. The van der Waals surface area contributed by atoms with Crippen molar-refractivity contribution in [3.05, 3.63) is 53.2 Å². The molecule has 2 bridgehead atoms. The average Bonchev–Trinajstić information content (AvgIpc) is 3.56. The molecule has 3 aromatic rings. The number of anilines is 2. The van der Waals surface area contributed by atoms with Gasteiger partial charge in [-0.15, -0.1) is 0 Å². The Kier molecular flexibility index (Phi) is 7.24. The molecule has 1 aromatic heterocycles. The fraction of sp³-hybridized carbons (Fsp3) is 0.562. The predicted molar refractivity (Wildman–Crippen MR) is 159 cm³/mol. The van der Waals surface area contributed by atoms with Crippen LogP contribution in [0, 0.1) is 0 Å². The molecular weight excluding hydrogens is 500 g/mol. The number of ether oxygens (including phenoxy) is 1. The van der Waals surface area contributed by atoms with E-state index in [0.29, 0.717) is 30.7 Å². The Bertz CT molecular complexity index is 1350. The highest BCUT2D eigenvalue weighted by Gasteiger charge is 2.35. The number of nitrogens with zero attached hydrogens (tertiary/aromatic N) is 5. The topological polar surface area (TPSA) is 77.0 Å². The Morgan fingerprint density at radius 2 is 1.82 bits per heavy atom. The normalized spacial score (nSPS) is 24.6. The van der Waals surface area contributed by atoms with Crippen molar-refractivity contribution in [2.24, 2.45) is 0 Å². The van der Waals surface area contributed by atoms with Gasteiger partial charge in [-0.2, -0.15) is 9.97 Å². The van der Waals surface area contributed by atoms with Gasteiger partial charge in [0.1, 0.15) is 12.4 Å². The summed E-state index contributed by atoms with van der Waals surface area (Å²) in [5.41, 5.74) is 4.95. The van der Waals surface area contributed by atoms with Gasteiger partial charge < -0.3 is 29.9 Å². The number of likely N-dealkylation sites (tertiary alicyclic amines) is 1. The highest BCUT2D eigenvalue weighted by molar-refractivity contribution is 5.97. The van der Waals surface area contributed by atoms with Crippen molar-refractivity contribution in [1.82, 2.24) is 20.2 Å². The van der Waals surface area contributed by atoms with Crippen molar-refractivity contribution in [3.63, 3.8) is 0 Å². The molecule has 8 nitrogen and oxygen atoms in total. The number of piperazine rings is 1. The molecule has 4 aliphatic rings. The maximum Gasteiger partial charge on any atom is 0.318 e. The number of hydrogen-bond donors (Lipinski definition) is 2. The number of rotatable bonds is 8. The second-order valence-electron chi connectivity index (χ2n) is 12.2. The van der Waals surface area contributed by atoms with E-state index in [4.69, 9.17) is 14.7 Å². The molecule has 0 radical (unpaired) electrons. The molecule has 2 unspecified atom stereocenters. The van der Waals surface area contributed by atoms with Gasteiger partial charge in [0.2, 0.25) is 0 Å². The molecule has 40 heavy (non-hydrogen) atoms. The molecule has 3 saturated heterocycles. The Morgan fingerprint density at radius 3 is 2.60 bits per heavy atom. The Morgan fingerprint density at radius 1 is 1.00 bits per heavy atom. The number of aliphatic hydroxyl groups excluding tert-OH is 1. The largest absolute Gasteiger partial charge is 0.462 e. The van der Waals surface area contributed by atoms with Crippen molar-refractivity contribution in [2.75, 3.05) is 56.2 Å². The van der Waals surface area contributed by atoms with E-state index in [-0.39, 0.29) is 6.61 Å². The van der Waals surface area contributed by atoms with Crippen molar-refractivity contribution >= 4 is 22.3 Å². The van der Waals surface area contributed by atoms with Gasteiger partial charge in [-0.25, -0.2) is 0 Å². The van der Waals surface area contributed by atoms with Crippen LogP contribution in [0.15, 0.2) is 36.4 Å². The summed E-state index contributed by atoms with van der Waals surface area (Å²) in [5, 5.41) is 15.8. The van der Waals surface area contributed by atoms with Crippen molar-refractivity contribution in [3.8, 4) is 6.01 Å². The highest BCUT2D eigenvalue weighted by atomic mass is 16.5. The summed E-state index contributed by atoms with van der Waals surface area (Å²) in [6.45, 7) is 5.68. The molecule has 212 valence electrons. The fourth-order valence-corrected chi connectivity index (χ4v) is 7.39. The number of hydrogen-bond acceptors (Lipinski definition) is 8. The van der Waals surface area contributed by atoms with E-state index >= 15 is 0 Å². The van der Waals surface area contributed by atoms with Crippen LogP contribution in [0.25, 0.3) is 10.8 Å². The lowest BCUT2D eigenvalue weighted by Gasteiger charge is -2.37. The summed E-state index contributed by atoms with van der Waals surface area (Å²) in [6.07, 6.45) is 7.47. The quantitative estimate of drug-likeness (QED) is 0.448. The van der Waals surface area contributed by atoms with Crippen LogP contribution in [0.4, 0.5) is 11.5 Å². The summed E-state index contributed by atoms with van der Waals surface area (Å²) >= 11 is 0. The van der Waals surface area contributed by atoms with Gasteiger partial charge in [0.15, 0.2) is 0 Å². The molecule has 0 saturated carbocycles. The number of likely N-dealkylation sites (N-methyl/N-ethyl adjacent to an activating group) is 1. The van der Waals surface area contributed by atoms with E-state index in [9.17, 15) is 5.11 Å². The van der Waals surface area contributed by atoms with E-state index in [2.05, 4.69) is 63.5 Å². The number of aryl methyl sites for hydroxylation is 1. The van der Waals surface area contributed by atoms with Crippen LogP contribution in [0.1, 0.15) is 48.9 Å². The summed E-state index contributed by atoms with van der Waals surface area (Å²) in [5.74, 6) is 1.10. The molecule has 0 aliphatic carbocycles. The molecular formula is C32H42N6O2. The third-order valence-corrected chi connectivity index (χ3v) is 9.53. The molecule has 8 heteroatoms. The van der Waals surface area contributed by atoms with E-state index < -0.39 is 0 Å². The van der Waals surface area contributed by atoms with E-state index in [1.54, 1.807) is 0 Å². The molecule has 0 spiro atoms. The predicted octanol–water partition coefficient (Wildman–Crippen LogP) is 3.53. The van der Waals surface area contributed by atoms with Gasteiger partial charge in [0, 0.05) is 61.0 Å². The maximum atomic E-state index is 9.50. The summed E-state index contributed by atoms with van der Waals surface area (Å²) in [6, 6.07) is 15.2. The molecule has 7 rings (SSSR count). The van der Waals surface area contributed by atoms with Gasteiger partial charge in [-0.3, -0.25) is 0 Å². The fourth-order valence-electron chi connectivity index (χ4n) is 7.39. The Labute approximate surface area is 237 Å². The molecule has 4 aliphatic heterocycles. The minimum Gasteiger partial charge on any atom is -0.462 e. The molecule has 3 atom stereocenters. The van der Waals surface area contributed by atoms with Gasteiger partial charge >= 0.3 is 6.01 Å². The van der Waals surface area contributed by atoms with Crippen LogP contribution >= 0.6 is 0 Å². The lowest BCUT2D eigenvalue weighted by atomic mass is 9.97. The monoisotopic (exact) mass is 542 g/mol. The zero-order valence-electron chi connectivity index (χ0n) is 23.7. The van der Waals surface area contributed by atoms with Gasteiger partial charge in [0.25, 0.3) is 0 Å². The standard InChI is InChI=1S/C32H42N6O2/c1-36-15-4-10-26(36)21-40-32-34-28-20-37(29-11-3-8-22-6-2-7-23(30(22)29)9-5-17-39)16-14-27(28)31(35-32)38-18-24-12-13-25(19-38)33-24/h2-3,6-8,11,24-26,33,39H,4-5,9-10,12-21H2,1H3/t24?,25?,26-/m0/s1. The van der Waals surface area contributed by atoms with Crippen LogP contribution in [0.3, 0.4) is 0 Å². The first-order valence-corrected chi connectivity index (χ1v) is 15.3. The van der Waals surface area contributed by atoms with Crippen molar-refractivity contribution in [1.29, 1.82) is 0 Å². The molecule has 2 N–H and O–H groups in total. The Hall–Kier alpha value is -2.94. The number of nitrogens with one attached hydrogen (secondary N) is 1. The SMILES string of the molecule is CN1CCC[C@H]1COc1nc2c(c(N3CC4CCC(C3)N4)n1)CCN(c1cccc3cccc(CCCO)c13)C2. The zero-order valence-corrected chi connectivity index (χ0v) is 23.7. The minimum atomic E-state index is 0.211. The lowest BCUT2D eigenvalue weighted by Crippen LogP contribution is -2.52. The zero-order chi connectivity index (χ0) is 27.1. The molecule has 3 fully saturated rings. The van der Waals surface area contributed by atoms with Crippen molar-refractivity contribution in [2.45, 2.75) is 69.6 Å². The highest BCUT2D eigenvalue weighted by Crippen LogP contribution is 2.37. The van der Waals surface area contributed by atoms with Crippen LogP contribution in [-0.4, -0.2) is 84.5 Å². The third-order valence-electron chi connectivity index (χ3n) is 9.53. The summed E-state index contributed by atoms with van der Waals surface area (Å²) in [4.78, 5) is 17.5. The summed E-state index contributed by atoms with van der Waals surface area (Å²) < 4.78 is 6.35. The summed E-state index contributed by atoms with van der Waals surface area (Å²) in [7, 11) is 2.19. The molecule has 5 heterocycles. The minimum absolute atomic E-state index is 0.211. The number of benzene rings is 2. The lowest BCUT2D eigenvalue weighted by molar-refractivity contribution is 0.187. The van der Waals surface area contributed by atoms with Crippen molar-refractivity contribution < 1.29 is 9.84 Å². The van der Waals surface area contributed by atoms with E-state index in [1.807, 2.05) is 0 Å². The second-order valence-corrected chi connectivity index (χ2v) is 12.2. The van der Waals surface area contributed by atoms with E-state index in [0.717, 1.165) is 63.5 Å². The second kappa shape index (κ2) is 11.1. The van der Waals surface area contributed by atoms with Crippen LogP contribution in [-0.2, 0) is 19.4 Å². The molecule has 0 amide bonds. The average molecular weight is 543 g/mol. The van der Waals surface area contributed by atoms with Gasteiger partial charge in [-0.05, 0) is 75.6 Å². The van der Waals surface area contributed by atoms with Gasteiger partial charge in [0.05, 0.1) is 12.2 Å².